The molecule has 21 heavy (non-hydrogen) atoms. The molecule has 1 atom stereocenters. The summed E-state index contributed by atoms with van der Waals surface area (Å²) in [6, 6.07) is 2.08. The Labute approximate surface area is 129 Å². The number of hydrogen-bond acceptors (Lipinski definition) is 6. The lowest BCUT2D eigenvalue weighted by Gasteiger charge is -2.14. The second-order valence-electron chi connectivity index (χ2n) is 5.52. The molecular formula is C15H21N5S. The molecule has 2 aromatic heterocycles. The summed E-state index contributed by atoms with van der Waals surface area (Å²) in [4.78, 5) is 16.0. The molecule has 2 aromatic rings. The summed E-state index contributed by atoms with van der Waals surface area (Å²) in [7, 11) is 0. The first-order chi connectivity index (χ1) is 10.1. The second kappa shape index (κ2) is 6.07. The number of aryl methyl sites for hydroxylation is 2. The van der Waals surface area contributed by atoms with Gasteiger partial charge in [0.1, 0.15) is 11.6 Å². The van der Waals surface area contributed by atoms with Gasteiger partial charge in [0.15, 0.2) is 5.13 Å². The van der Waals surface area contributed by atoms with E-state index >= 15 is 0 Å². The summed E-state index contributed by atoms with van der Waals surface area (Å²) >= 11 is 1.60. The van der Waals surface area contributed by atoms with Gasteiger partial charge in [-0.2, -0.15) is 0 Å². The van der Waals surface area contributed by atoms with Gasteiger partial charge in [-0.05, 0) is 33.4 Å². The van der Waals surface area contributed by atoms with Gasteiger partial charge < -0.3 is 10.2 Å². The van der Waals surface area contributed by atoms with E-state index in [1.165, 1.54) is 13.0 Å². The van der Waals surface area contributed by atoms with E-state index in [9.17, 15) is 0 Å². The van der Waals surface area contributed by atoms with Crippen LogP contribution in [0.3, 0.4) is 0 Å². The molecule has 0 amide bonds. The van der Waals surface area contributed by atoms with Crippen LogP contribution in [0.15, 0.2) is 11.4 Å². The summed E-state index contributed by atoms with van der Waals surface area (Å²) in [5.41, 5.74) is 2.18. The van der Waals surface area contributed by atoms with Crippen LogP contribution >= 0.6 is 11.3 Å². The van der Waals surface area contributed by atoms with Crippen molar-refractivity contribution in [3.8, 4) is 0 Å². The van der Waals surface area contributed by atoms with Crippen LogP contribution in [-0.2, 0) is 0 Å². The highest BCUT2D eigenvalue weighted by atomic mass is 32.1. The van der Waals surface area contributed by atoms with E-state index in [-0.39, 0.29) is 0 Å². The molecule has 0 bridgehead atoms. The molecule has 1 aliphatic heterocycles. The third-order valence-corrected chi connectivity index (χ3v) is 4.73. The Morgan fingerprint density at radius 3 is 2.86 bits per heavy atom. The van der Waals surface area contributed by atoms with Crippen molar-refractivity contribution in [3.63, 3.8) is 0 Å². The first-order valence-electron chi connectivity index (χ1n) is 7.41. The molecule has 3 rings (SSSR count). The van der Waals surface area contributed by atoms with Crippen LogP contribution in [0.5, 0.6) is 0 Å². The van der Waals surface area contributed by atoms with Gasteiger partial charge in [0.25, 0.3) is 0 Å². The number of hydrogen-bond donors (Lipinski definition) is 1. The molecule has 3 heterocycles. The molecular weight excluding hydrogens is 282 g/mol. The lowest BCUT2D eigenvalue weighted by atomic mass is 10.0. The molecule has 1 N–H and O–H groups in total. The first kappa shape index (κ1) is 14.4. The van der Waals surface area contributed by atoms with Crippen LogP contribution in [0, 0.1) is 13.8 Å². The Hall–Kier alpha value is -1.53. The second-order valence-corrected chi connectivity index (χ2v) is 6.38. The number of thiazole rings is 1. The molecule has 112 valence electrons. The molecule has 0 aromatic carbocycles. The van der Waals surface area contributed by atoms with E-state index in [4.69, 9.17) is 0 Å². The number of nitrogens with one attached hydrogen (secondary N) is 1. The van der Waals surface area contributed by atoms with Crippen molar-refractivity contribution in [2.75, 3.05) is 25.0 Å². The predicted molar refractivity (Wildman–Crippen MR) is 86.4 cm³/mol. The maximum absolute atomic E-state index is 4.64. The van der Waals surface area contributed by atoms with Crippen molar-refractivity contribution in [3.05, 3.63) is 28.7 Å². The molecule has 0 spiro atoms. The molecule has 0 aliphatic carbocycles. The quantitative estimate of drug-likeness (QED) is 0.940. The monoisotopic (exact) mass is 303 g/mol. The molecule has 1 aliphatic rings. The Morgan fingerprint density at radius 2 is 2.19 bits per heavy atom. The smallest absolute Gasteiger partial charge is 0.188 e. The van der Waals surface area contributed by atoms with Gasteiger partial charge in [-0.15, -0.1) is 11.3 Å². The van der Waals surface area contributed by atoms with Gasteiger partial charge in [0.05, 0.1) is 11.4 Å². The summed E-state index contributed by atoms with van der Waals surface area (Å²) < 4.78 is 0. The number of aromatic nitrogens is 3. The molecule has 6 heteroatoms. The van der Waals surface area contributed by atoms with Gasteiger partial charge >= 0.3 is 0 Å². The summed E-state index contributed by atoms with van der Waals surface area (Å²) in [6.07, 6.45) is 1.18. The minimum absolute atomic E-state index is 0.519. The van der Waals surface area contributed by atoms with Crippen LogP contribution < -0.4 is 5.32 Å². The van der Waals surface area contributed by atoms with Crippen LogP contribution in [-0.4, -0.2) is 39.5 Å². The number of nitrogens with zero attached hydrogens (tertiary/aromatic N) is 4. The topological polar surface area (TPSA) is 53.9 Å². The summed E-state index contributed by atoms with van der Waals surface area (Å²) in [6.45, 7) is 9.54. The van der Waals surface area contributed by atoms with Gasteiger partial charge in [0.2, 0.25) is 0 Å². The number of rotatable bonds is 4. The highest BCUT2D eigenvalue weighted by molar-refractivity contribution is 7.13. The molecule has 1 saturated heterocycles. The zero-order chi connectivity index (χ0) is 14.8. The van der Waals surface area contributed by atoms with E-state index < -0.39 is 0 Å². The lowest BCUT2D eigenvalue weighted by Crippen LogP contribution is -2.19. The Bertz CT molecular complexity index is 624. The molecule has 0 saturated carbocycles. The maximum Gasteiger partial charge on any atom is 0.188 e. The Kier molecular flexibility index (Phi) is 4.17. The van der Waals surface area contributed by atoms with Gasteiger partial charge in [-0.25, -0.2) is 15.0 Å². The summed E-state index contributed by atoms with van der Waals surface area (Å²) in [5, 5.41) is 6.22. The fourth-order valence-corrected chi connectivity index (χ4v) is 3.44. The maximum atomic E-state index is 4.64. The third-order valence-electron chi connectivity index (χ3n) is 3.85. The average molecular weight is 303 g/mol. The fraction of sp³-hybridized carbons (Fsp3) is 0.533. The van der Waals surface area contributed by atoms with Crippen LogP contribution in [0.25, 0.3) is 0 Å². The van der Waals surface area contributed by atoms with Crippen molar-refractivity contribution in [2.24, 2.45) is 0 Å². The highest BCUT2D eigenvalue weighted by Gasteiger charge is 2.24. The van der Waals surface area contributed by atoms with E-state index in [1.807, 2.05) is 19.2 Å². The van der Waals surface area contributed by atoms with Crippen molar-refractivity contribution in [1.82, 2.24) is 19.9 Å². The standard InChI is InChI=1S/C15H21N5S/c1-4-20-6-5-12(8-20)13-7-14(18-11(3)17-13)19-15-16-10(2)9-21-15/h7,9,12H,4-6,8H2,1-3H3,(H,16,17,18,19)/t12-/m0/s1. The minimum atomic E-state index is 0.519. The van der Waals surface area contributed by atoms with Crippen molar-refractivity contribution < 1.29 is 0 Å². The van der Waals surface area contributed by atoms with E-state index in [1.54, 1.807) is 11.3 Å². The van der Waals surface area contributed by atoms with E-state index in [0.29, 0.717) is 5.92 Å². The largest absolute Gasteiger partial charge is 0.316 e. The van der Waals surface area contributed by atoms with E-state index in [2.05, 4.69) is 38.2 Å². The Morgan fingerprint density at radius 1 is 1.33 bits per heavy atom. The average Bonchev–Trinajstić information content (AvgIpc) is 3.07. The Balaban J connectivity index is 1.79. The van der Waals surface area contributed by atoms with Gasteiger partial charge in [-0.3, -0.25) is 0 Å². The zero-order valence-electron chi connectivity index (χ0n) is 12.8. The molecule has 1 fully saturated rings. The summed E-state index contributed by atoms with van der Waals surface area (Å²) in [5.74, 6) is 2.19. The third kappa shape index (κ3) is 3.39. The SMILES string of the molecule is CCN1CC[C@H](c2cc(Nc3nc(C)cs3)nc(C)n2)C1. The van der Waals surface area contributed by atoms with Gasteiger partial charge in [-0.1, -0.05) is 6.92 Å². The zero-order valence-corrected chi connectivity index (χ0v) is 13.6. The molecule has 0 unspecified atom stereocenters. The minimum Gasteiger partial charge on any atom is -0.316 e. The number of likely N-dealkylation sites (tertiary alicyclic amines) is 1. The van der Waals surface area contributed by atoms with Crippen molar-refractivity contribution in [2.45, 2.75) is 33.1 Å². The first-order valence-corrected chi connectivity index (χ1v) is 8.29. The molecule has 5 nitrogen and oxygen atoms in total. The van der Waals surface area contributed by atoms with Crippen LogP contribution in [0.1, 0.15) is 36.5 Å². The van der Waals surface area contributed by atoms with Crippen molar-refractivity contribution in [1.29, 1.82) is 0 Å². The number of anilines is 2. The normalized spacial score (nSPS) is 19.1. The highest BCUT2D eigenvalue weighted by Crippen LogP contribution is 2.28. The fourth-order valence-electron chi connectivity index (χ4n) is 2.75. The van der Waals surface area contributed by atoms with Crippen LogP contribution in [0.4, 0.5) is 10.9 Å². The van der Waals surface area contributed by atoms with E-state index in [0.717, 1.165) is 41.3 Å². The van der Waals surface area contributed by atoms with Crippen molar-refractivity contribution >= 4 is 22.3 Å². The predicted octanol–water partition coefficient (Wildman–Crippen LogP) is 3.10. The lowest BCUT2D eigenvalue weighted by molar-refractivity contribution is 0.353. The van der Waals surface area contributed by atoms with Crippen LogP contribution in [0.2, 0.25) is 0 Å². The molecule has 0 radical (unpaired) electrons. The van der Waals surface area contributed by atoms with Gasteiger partial charge in [0, 0.05) is 23.9 Å². The number of likely N-dealkylation sites (N-methyl/N-ethyl adjacent to an activating group) is 1.